The van der Waals surface area contributed by atoms with Gasteiger partial charge in [-0.25, -0.2) is 0 Å². The van der Waals surface area contributed by atoms with Crippen LogP contribution in [0.1, 0.15) is 51.4 Å². The van der Waals surface area contributed by atoms with Crippen LogP contribution in [-0.2, 0) is 6.54 Å². The van der Waals surface area contributed by atoms with Crippen LogP contribution in [0.25, 0.3) is 0 Å². The predicted octanol–water partition coefficient (Wildman–Crippen LogP) is 6.49. The summed E-state index contributed by atoms with van der Waals surface area (Å²) < 4.78 is 0. The third kappa shape index (κ3) is 4.23. The molecule has 174 valence electrons. The highest BCUT2D eigenvalue weighted by molar-refractivity contribution is 5.98. The predicted molar refractivity (Wildman–Crippen MR) is 142 cm³/mol. The quantitative estimate of drug-likeness (QED) is 0.319. The van der Waals surface area contributed by atoms with Gasteiger partial charge in [-0.3, -0.25) is 4.79 Å². The summed E-state index contributed by atoms with van der Waals surface area (Å²) in [6, 6.07) is 39.0. The molecule has 0 aromatic heterocycles. The molecule has 0 spiro atoms. The van der Waals surface area contributed by atoms with E-state index in [1.165, 1.54) is 27.9 Å². The SMILES string of the molecule is O=C1c2ccccc2CN1C1CCN(c2ccc(C(c3ccccc3)c3ccccc3)cc2)CC1. The van der Waals surface area contributed by atoms with Crippen molar-refractivity contribution in [1.82, 2.24) is 4.90 Å². The molecule has 0 saturated carbocycles. The highest BCUT2D eigenvalue weighted by Gasteiger charge is 2.34. The molecule has 0 aliphatic carbocycles. The number of piperidine rings is 1. The lowest BCUT2D eigenvalue weighted by Crippen LogP contribution is -2.45. The minimum absolute atomic E-state index is 0.205. The van der Waals surface area contributed by atoms with Gasteiger partial charge in [-0.1, -0.05) is 91.0 Å². The highest BCUT2D eigenvalue weighted by Crippen LogP contribution is 2.34. The van der Waals surface area contributed by atoms with Gasteiger partial charge in [-0.15, -0.1) is 0 Å². The van der Waals surface area contributed by atoms with Crippen LogP contribution in [0.15, 0.2) is 109 Å². The first kappa shape index (κ1) is 21.7. The van der Waals surface area contributed by atoms with Crippen molar-refractivity contribution in [1.29, 1.82) is 0 Å². The Bertz CT molecular complexity index is 1250. The fourth-order valence-electron chi connectivity index (χ4n) is 5.75. The van der Waals surface area contributed by atoms with Gasteiger partial charge in [0.15, 0.2) is 0 Å². The lowest BCUT2D eigenvalue weighted by Gasteiger charge is -2.38. The maximum atomic E-state index is 12.9. The zero-order valence-corrected chi connectivity index (χ0v) is 19.9. The lowest BCUT2D eigenvalue weighted by atomic mass is 9.85. The average molecular weight is 459 g/mol. The molecule has 1 amide bonds. The second kappa shape index (κ2) is 9.42. The number of nitrogens with zero attached hydrogens (tertiary/aromatic N) is 2. The van der Waals surface area contributed by atoms with Crippen molar-refractivity contribution in [2.24, 2.45) is 0 Å². The third-order valence-corrected chi connectivity index (χ3v) is 7.61. The van der Waals surface area contributed by atoms with Crippen LogP contribution in [0, 0.1) is 0 Å². The molecule has 0 unspecified atom stereocenters. The summed E-state index contributed by atoms with van der Waals surface area (Å²) in [5.41, 5.74) is 7.25. The van der Waals surface area contributed by atoms with Gasteiger partial charge in [0.2, 0.25) is 0 Å². The van der Waals surface area contributed by atoms with Crippen molar-refractivity contribution in [3.63, 3.8) is 0 Å². The van der Waals surface area contributed by atoms with Gasteiger partial charge in [0.25, 0.3) is 5.91 Å². The third-order valence-electron chi connectivity index (χ3n) is 7.61. The molecule has 0 N–H and O–H groups in total. The second-order valence-electron chi connectivity index (χ2n) is 9.65. The van der Waals surface area contributed by atoms with Crippen molar-refractivity contribution in [3.8, 4) is 0 Å². The smallest absolute Gasteiger partial charge is 0.254 e. The Kier molecular flexibility index (Phi) is 5.83. The topological polar surface area (TPSA) is 23.6 Å². The Balaban J connectivity index is 1.16. The monoisotopic (exact) mass is 458 g/mol. The van der Waals surface area contributed by atoms with Crippen molar-refractivity contribution in [2.75, 3.05) is 18.0 Å². The van der Waals surface area contributed by atoms with Gasteiger partial charge in [0, 0.05) is 42.8 Å². The van der Waals surface area contributed by atoms with Crippen molar-refractivity contribution in [2.45, 2.75) is 31.3 Å². The number of anilines is 1. The van der Waals surface area contributed by atoms with E-state index in [4.69, 9.17) is 0 Å². The van der Waals surface area contributed by atoms with E-state index in [0.29, 0.717) is 6.04 Å². The van der Waals surface area contributed by atoms with Gasteiger partial charge in [-0.2, -0.15) is 0 Å². The first-order valence-corrected chi connectivity index (χ1v) is 12.6. The number of amides is 1. The number of hydrogen-bond acceptors (Lipinski definition) is 2. The molecule has 2 aliphatic rings. The summed E-state index contributed by atoms with van der Waals surface area (Å²) in [5, 5.41) is 0. The number of carbonyl (C=O) groups excluding carboxylic acids is 1. The summed E-state index contributed by atoms with van der Waals surface area (Å²) in [6.07, 6.45) is 2.02. The van der Waals surface area contributed by atoms with E-state index < -0.39 is 0 Å². The van der Waals surface area contributed by atoms with Crippen LogP contribution < -0.4 is 4.90 Å². The van der Waals surface area contributed by atoms with E-state index >= 15 is 0 Å². The summed E-state index contributed by atoms with van der Waals surface area (Å²) in [6.45, 7) is 2.71. The Hall–Kier alpha value is -3.85. The zero-order valence-electron chi connectivity index (χ0n) is 19.9. The van der Waals surface area contributed by atoms with Crippen LogP contribution in [0.2, 0.25) is 0 Å². The number of benzene rings is 4. The van der Waals surface area contributed by atoms with Crippen LogP contribution in [0.4, 0.5) is 5.69 Å². The molecule has 0 atom stereocenters. The van der Waals surface area contributed by atoms with E-state index in [-0.39, 0.29) is 11.8 Å². The minimum atomic E-state index is 0.205. The molecule has 4 aromatic rings. The largest absolute Gasteiger partial charge is 0.371 e. The molecule has 3 nitrogen and oxygen atoms in total. The normalized spacial score (nSPS) is 16.1. The maximum Gasteiger partial charge on any atom is 0.254 e. The first-order chi connectivity index (χ1) is 17.3. The molecule has 2 aliphatic heterocycles. The van der Waals surface area contributed by atoms with E-state index in [9.17, 15) is 4.79 Å². The Morgan fingerprint density at radius 2 is 1.17 bits per heavy atom. The van der Waals surface area contributed by atoms with Gasteiger partial charge in [0.1, 0.15) is 0 Å². The Labute approximate surface area is 207 Å². The number of carbonyl (C=O) groups is 1. The first-order valence-electron chi connectivity index (χ1n) is 12.6. The van der Waals surface area contributed by atoms with Crippen LogP contribution >= 0.6 is 0 Å². The molecule has 2 heterocycles. The van der Waals surface area contributed by atoms with E-state index in [0.717, 1.165) is 38.0 Å². The molecule has 6 rings (SSSR count). The molecular weight excluding hydrogens is 428 g/mol. The molecule has 0 bridgehead atoms. The van der Waals surface area contributed by atoms with Gasteiger partial charge in [-0.05, 0) is 53.3 Å². The molecule has 0 radical (unpaired) electrons. The van der Waals surface area contributed by atoms with Crippen LogP contribution in [-0.4, -0.2) is 29.9 Å². The highest BCUT2D eigenvalue weighted by atomic mass is 16.2. The second-order valence-corrected chi connectivity index (χ2v) is 9.65. The minimum Gasteiger partial charge on any atom is -0.371 e. The Morgan fingerprint density at radius 1 is 0.629 bits per heavy atom. The number of rotatable bonds is 5. The number of hydrogen-bond donors (Lipinski definition) is 0. The molecule has 1 fully saturated rings. The summed E-state index contributed by atoms with van der Waals surface area (Å²) in [7, 11) is 0. The van der Waals surface area contributed by atoms with Crippen LogP contribution in [0.5, 0.6) is 0 Å². The standard InChI is InChI=1S/C32H30N2O/c35-32-30-14-8-7-13-27(30)23-34(32)29-19-21-33(22-20-29)28-17-15-26(16-18-28)31(24-9-3-1-4-10-24)25-11-5-2-6-12-25/h1-18,29,31H,19-23H2. The number of fused-ring (bicyclic) bond motifs is 1. The summed E-state index contributed by atoms with van der Waals surface area (Å²) >= 11 is 0. The van der Waals surface area contributed by atoms with E-state index in [1.54, 1.807) is 0 Å². The lowest BCUT2D eigenvalue weighted by molar-refractivity contribution is 0.0675. The Morgan fingerprint density at radius 3 is 1.77 bits per heavy atom. The fraction of sp³-hybridized carbons (Fsp3) is 0.219. The maximum absolute atomic E-state index is 12.9. The van der Waals surface area contributed by atoms with Gasteiger partial charge < -0.3 is 9.80 Å². The van der Waals surface area contributed by atoms with Crippen molar-refractivity contribution in [3.05, 3.63) is 137 Å². The molecule has 4 aromatic carbocycles. The van der Waals surface area contributed by atoms with Crippen molar-refractivity contribution >= 4 is 11.6 Å². The molecule has 3 heteroatoms. The molecule has 1 saturated heterocycles. The average Bonchev–Trinajstić information content (AvgIpc) is 3.27. The zero-order chi connectivity index (χ0) is 23.6. The van der Waals surface area contributed by atoms with E-state index in [2.05, 4.69) is 101 Å². The molecule has 35 heavy (non-hydrogen) atoms. The van der Waals surface area contributed by atoms with Gasteiger partial charge >= 0.3 is 0 Å². The molecular formula is C32H30N2O. The van der Waals surface area contributed by atoms with E-state index in [1.807, 2.05) is 18.2 Å². The van der Waals surface area contributed by atoms with Gasteiger partial charge in [0.05, 0.1) is 0 Å². The van der Waals surface area contributed by atoms with Crippen LogP contribution in [0.3, 0.4) is 0 Å². The van der Waals surface area contributed by atoms with Crippen molar-refractivity contribution < 1.29 is 4.79 Å². The summed E-state index contributed by atoms with van der Waals surface area (Å²) in [5.74, 6) is 0.427. The fourth-order valence-corrected chi connectivity index (χ4v) is 5.75. The summed E-state index contributed by atoms with van der Waals surface area (Å²) in [4.78, 5) is 17.5.